The highest BCUT2D eigenvalue weighted by molar-refractivity contribution is 6.24. The van der Waals surface area contributed by atoms with E-state index >= 15 is 0 Å². The van der Waals surface area contributed by atoms with E-state index in [2.05, 4.69) is 15.2 Å². The molecule has 56 heavy (non-hydrogen) atoms. The third-order valence-electron chi connectivity index (χ3n) is 10.6. The van der Waals surface area contributed by atoms with Gasteiger partial charge in [-0.3, -0.25) is 53.7 Å². The molecule has 4 aromatic rings. The normalized spacial score (nSPS) is 18.4. The molecule has 1 unspecified atom stereocenters. The topological polar surface area (TPSA) is 207 Å². The van der Waals surface area contributed by atoms with Gasteiger partial charge in [0.2, 0.25) is 11.8 Å². The van der Waals surface area contributed by atoms with Gasteiger partial charge in [0.25, 0.3) is 29.8 Å². The van der Waals surface area contributed by atoms with Crippen LogP contribution in [0.3, 0.4) is 0 Å². The van der Waals surface area contributed by atoms with Crippen molar-refractivity contribution in [2.75, 3.05) is 47.0 Å². The molecule has 17 nitrogen and oxygen atoms in total. The number of methoxy groups -OCH3 is 2. The number of piperidine rings is 1. The quantitative estimate of drug-likeness (QED) is 0.183. The van der Waals surface area contributed by atoms with Gasteiger partial charge in [0.15, 0.2) is 6.61 Å². The predicted molar refractivity (Wildman–Crippen MR) is 197 cm³/mol. The van der Waals surface area contributed by atoms with E-state index in [-0.39, 0.29) is 59.7 Å². The third kappa shape index (κ3) is 6.59. The second-order valence-corrected chi connectivity index (χ2v) is 14.2. The highest BCUT2D eigenvalue weighted by atomic mass is 16.5. The number of carboxylic acid groups (broad SMARTS) is 1. The molecule has 17 heteroatoms. The van der Waals surface area contributed by atoms with Crippen LogP contribution in [0.25, 0.3) is 21.9 Å². The van der Waals surface area contributed by atoms with Crippen LogP contribution in [0, 0.1) is 5.41 Å². The van der Waals surface area contributed by atoms with E-state index in [1.165, 1.54) is 12.1 Å². The molecule has 290 valence electrons. The molecule has 0 bridgehead atoms. The number of likely N-dealkylation sites (tertiary alicyclic amines) is 2. The van der Waals surface area contributed by atoms with Gasteiger partial charge in [0.1, 0.15) is 23.3 Å². The standard InChI is InChI=1S/C38H36N6O9.CH2O2/c1-41-14-25(22-9-10-39-13-24(22)35(41)48)21-11-29(51-2)26(30(12-21)52-3)15-42-17-38(18-42)19-43(20-38)32(46)16-53-28-6-4-5-23-33(28)37(50)44(36(23)49)27-7-8-31(45)40-34(27)47;2-1-3/h4-6,9-14,27H,7-8,15-20H2,1-3H3,(H,40,45,47);1H,(H,2,3). The zero-order valence-corrected chi connectivity index (χ0v) is 30.8. The van der Waals surface area contributed by atoms with Crippen molar-refractivity contribution in [3.8, 4) is 28.4 Å². The van der Waals surface area contributed by atoms with Gasteiger partial charge in [0, 0.05) is 75.8 Å². The maximum atomic E-state index is 13.4. The Kier molecular flexibility index (Phi) is 10.0. The van der Waals surface area contributed by atoms with Gasteiger partial charge in [-0.25, -0.2) is 0 Å². The van der Waals surface area contributed by atoms with Gasteiger partial charge in [-0.1, -0.05) is 6.07 Å². The lowest BCUT2D eigenvalue weighted by Crippen LogP contribution is -2.72. The van der Waals surface area contributed by atoms with Crippen LogP contribution < -0.4 is 25.1 Å². The summed E-state index contributed by atoms with van der Waals surface area (Å²) in [7, 11) is 4.95. The van der Waals surface area contributed by atoms with E-state index in [9.17, 15) is 28.8 Å². The summed E-state index contributed by atoms with van der Waals surface area (Å²) < 4.78 is 19.0. The van der Waals surface area contributed by atoms with E-state index in [1.807, 2.05) is 18.2 Å². The van der Waals surface area contributed by atoms with Gasteiger partial charge in [-0.2, -0.15) is 0 Å². The number of carbonyl (C=O) groups is 6. The van der Waals surface area contributed by atoms with Crippen LogP contribution in [0.15, 0.2) is 59.8 Å². The molecule has 2 N–H and O–H groups in total. The van der Waals surface area contributed by atoms with Crippen molar-refractivity contribution < 1.29 is 48.1 Å². The molecule has 1 atom stereocenters. The lowest BCUT2D eigenvalue weighted by molar-refractivity contribution is -0.161. The number of hydrogen-bond donors (Lipinski definition) is 2. The molecular weight excluding hydrogens is 728 g/mol. The molecule has 0 radical (unpaired) electrons. The zero-order valence-electron chi connectivity index (χ0n) is 30.8. The molecule has 0 aliphatic carbocycles. The maximum Gasteiger partial charge on any atom is 0.290 e. The molecule has 3 saturated heterocycles. The van der Waals surface area contributed by atoms with Crippen molar-refractivity contribution in [1.29, 1.82) is 0 Å². The second-order valence-electron chi connectivity index (χ2n) is 14.2. The van der Waals surface area contributed by atoms with E-state index in [0.717, 1.165) is 40.1 Å². The Labute approximate surface area is 319 Å². The van der Waals surface area contributed by atoms with Gasteiger partial charge in [-0.15, -0.1) is 0 Å². The number of benzene rings is 2. The lowest BCUT2D eigenvalue weighted by Gasteiger charge is -2.60. The summed E-state index contributed by atoms with van der Waals surface area (Å²) in [4.78, 5) is 93.8. The number of rotatable bonds is 9. The Morgan fingerprint density at radius 3 is 2.32 bits per heavy atom. The number of aryl methyl sites for hydroxylation is 1. The second kappa shape index (κ2) is 14.9. The van der Waals surface area contributed by atoms with Crippen molar-refractivity contribution in [1.82, 2.24) is 29.6 Å². The fourth-order valence-electron chi connectivity index (χ4n) is 8.05. The first-order valence-corrected chi connectivity index (χ1v) is 17.7. The number of aromatic nitrogens is 2. The summed E-state index contributed by atoms with van der Waals surface area (Å²) in [5.41, 5.74) is 2.50. The molecule has 8 rings (SSSR count). The number of amides is 5. The van der Waals surface area contributed by atoms with Crippen LogP contribution in [0.1, 0.15) is 39.1 Å². The van der Waals surface area contributed by atoms with Crippen molar-refractivity contribution in [3.05, 3.63) is 82.0 Å². The number of nitrogens with zero attached hydrogens (tertiary/aromatic N) is 5. The van der Waals surface area contributed by atoms with Gasteiger partial charge >= 0.3 is 0 Å². The summed E-state index contributed by atoms with van der Waals surface area (Å²) >= 11 is 0. The fourth-order valence-corrected chi connectivity index (χ4v) is 8.05. The minimum absolute atomic E-state index is 0.00335. The fraction of sp³-hybridized carbons (Fsp3) is 0.333. The first-order chi connectivity index (χ1) is 26.9. The van der Waals surface area contributed by atoms with E-state index in [0.29, 0.717) is 36.5 Å². The molecule has 0 saturated carbocycles. The first-order valence-electron chi connectivity index (χ1n) is 17.7. The highest BCUT2D eigenvalue weighted by Gasteiger charge is 2.53. The largest absolute Gasteiger partial charge is 0.496 e. The van der Waals surface area contributed by atoms with Crippen LogP contribution in [-0.2, 0) is 32.8 Å². The number of hydrogen-bond acceptors (Lipinski definition) is 12. The highest BCUT2D eigenvalue weighted by Crippen LogP contribution is 2.44. The van der Waals surface area contributed by atoms with Crippen LogP contribution >= 0.6 is 0 Å². The van der Waals surface area contributed by atoms with E-state index < -0.39 is 29.7 Å². The van der Waals surface area contributed by atoms with E-state index in [4.69, 9.17) is 24.1 Å². The van der Waals surface area contributed by atoms with E-state index in [1.54, 1.807) is 55.4 Å². The monoisotopic (exact) mass is 766 g/mol. The van der Waals surface area contributed by atoms with Crippen LogP contribution in [-0.4, -0.2) is 118 Å². The summed E-state index contributed by atoms with van der Waals surface area (Å²) in [6.45, 7) is 2.65. The summed E-state index contributed by atoms with van der Waals surface area (Å²) in [6, 6.07) is 9.19. The molecule has 3 fully saturated rings. The lowest BCUT2D eigenvalue weighted by atomic mass is 9.72. The number of nitrogens with one attached hydrogen (secondary N) is 1. The summed E-state index contributed by atoms with van der Waals surface area (Å²) in [5.74, 6) is -1.32. The van der Waals surface area contributed by atoms with Crippen molar-refractivity contribution in [3.63, 3.8) is 0 Å². The number of carbonyl (C=O) groups excluding carboxylic acids is 5. The Balaban J connectivity index is 0.00000155. The van der Waals surface area contributed by atoms with Crippen molar-refractivity contribution in [2.45, 2.75) is 25.4 Å². The Bertz CT molecular complexity index is 2340. The Morgan fingerprint density at radius 1 is 0.964 bits per heavy atom. The summed E-state index contributed by atoms with van der Waals surface area (Å²) in [6.07, 6.45) is 5.10. The molecule has 4 aliphatic heterocycles. The Morgan fingerprint density at radius 2 is 1.66 bits per heavy atom. The smallest absolute Gasteiger partial charge is 0.290 e. The number of imide groups is 2. The average Bonchev–Trinajstić information content (AvgIpc) is 3.41. The van der Waals surface area contributed by atoms with Crippen LogP contribution in [0.4, 0.5) is 0 Å². The summed E-state index contributed by atoms with van der Waals surface area (Å²) in [5, 5.41) is 10.4. The maximum absolute atomic E-state index is 13.4. The van der Waals surface area contributed by atoms with Gasteiger partial charge in [0.05, 0.1) is 36.3 Å². The number of fused-ring (bicyclic) bond motifs is 2. The average molecular weight is 767 g/mol. The molecule has 5 amide bonds. The molecule has 2 aromatic carbocycles. The first kappa shape index (κ1) is 37.7. The van der Waals surface area contributed by atoms with Crippen molar-refractivity contribution in [2.24, 2.45) is 12.5 Å². The number of ether oxygens (including phenoxy) is 3. The number of pyridine rings is 2. The molecule has 4 aliphatic rings. The zero-order chi connectivity index (χ0) is 39.9. The molecule has 2 aromatic heterocycles. The minimum Gasteiger partial charge on any atom is -0.496 e. The van der Waals surface area contributed by atoms with Gasteiger partial charge < -0.3 is 28.8 Å². The van der Waals surface area contributed by atoms with Gasteiger partial charge in [-0.05, 0) is 47.7 Å². The SMILES string of the molecule is COc1cc(-c2cn(C)c(=O)c3cnccc23)cc(OC)c1CN1CC2(C1)CN(C(=O)COc1cccc3c1C(=O)N(C1CCC(=O)NC1=O)C3=O)C2.O=CO. The van der Waals surface area contributed by atoms with Crippen molar-refractivity contribution >= 4 is 46.8 Å². The molecule has 6 heterocycles. The minimum atomic E-state index is -1.10. The molecular formula is C39H38N6O11. The van der Waals surface area contributed by atoms with Crippen LogP contribution in [0.5, 0.6) is 17.2 Å². The third-order valence-corrected chi connectivity index (χ3v) is 10.6. The Hall–Kier alpha value is -6.62. The molecule has 1 spiro atoms. The predicted octanol–water partition coefficient (Wildman–Crippen LogP) is 1.44. The van der Waals surface area contributed by atoms with Crippen LogP contribution in [0.2, 0.25) is 0 Å².